The lowest BCUT2D eigenvalue weighted by atomic mass is 10.1. The normalized spacial score (nSPS) is 16.9. The number of nitrogens with zero attached hydrogens (tertiary/aromatic N) is 1. The molecule has 1 saturated heterocycles. The SMILES string of the molecule is CCOc1ccccc1OCC[NH+]1CCN(Cc2ccc(C)cc2)C1.[Br-]. The monoisotopic (exact) mass is 420 g/mol. The molecule has 142 valence electrons. The molecule has 3 rings (SSSR count). The number of quaternary nitrogens is 1. The largest absolute Gasteiger partial charge is 1.00 e. The Balaban J connectivity index is 0.00000243. The molecule has 0 saturated carbocycles. The third-order valence-electron chi connectivity index (χ3n) is 4.62. The van der Waals surface area contributed by atoms with Crippen molar-refractivity contribution in [3.63, 3.8) is 0 Å². The summed E-state index contributed by atoms with van der Waals surface area (Å²) in [6.07, 6.45) is 0. The Morgan fingerprint density at radius 1 is 1.00 bits per heavy atom. The third-order valence-corrected chi connectivity index (χ3v) is 4.62. The average molecular weight is 421 g/mol. The second-order valence-electron chi connectivity index (χ2n) is 6.67. The Labute approximate surface area is 167 Å². The molecule has 4 nitrogen and oxygen atoms in total. The van der Waals surface area contributed by atoms with Gasteiger partial charge in [0.2, 0.25) is 0 Å². The van der Waals surface area contributed by atoms with Crippen molar-refractivity contribution >= 4 is 0 Å². The fraction of sp³-hybridized carbons (Fsp3) is 0.429. The molecule has 0 spiro atoms. The van der Waals surface area contributed by atoms with Gasteiger partial charge < -0.3 is 31.4 Å². The summed E-state index contributed by atoms with van der Waals surface area (Å²) >= 11 is 0. The van der Waals surface area contributed by atoms with Crippen molar-refractivity contribution in [3.8, 4) is 11.5 Å². The maximum atomic E-state index is 5.95. The zero-order chi connectivity index (χ0) is 17.5. The second-order valence-corrected chi connectivity index (χ2v) is 6.67. The van der Waals surface area contributed by atoms with Crippen molar-refractivity contribution in [2.75, 3.05) is 39.5 Å². The van der Waals surface area contributed by atoms with Gasteiger partial charge in [-0.2, -0.15) is 0 Å². The summed E-state index contributed by atoms with van der Waals surface area (Å²) in [4.78, 5) is 4.11. The first kappa shape index (κ1) is 20.7. The minimum absolute atomic E-state index is 0. The molecule has 1 unspecified atom stereocenters. The highest BCUT2D eigenvalue weighted by molar-refractivity contribution is 5.39. The first-order chi connectivity index (χ1) is 12.2. The van der Waals surface area contributed by atoms with Crippen LogP contribution in [0.3, 0.4) is 0 Å². The topological polar surface area (TPSA) is 26.1 Å². The van der Waals surface area contributed by atoms with E-state index in [2.05, 4.69) is 36.1 Å². The standard InChI is InChI=1S/C21H28N2O2.BrH/c1-3-24-20-6-4-5-7-21(20)25-15-14-22-12-13-23(17-22)16-19-10-8-18(2)9-11-19;/h4-11H,3,12-17H2,1-2H3;1H. The Morgan fingerprint density at radius 2 is 1.69 bits per heavy atom. The number of hydrogen-bond donors (Lipinski definition) is 1. The zero-order valence-electron chi connectivity index (χ0n) is 15.7. The molecular formula is C21H29BrN2O2. The smallest absolute Gasteiger partial charge is 0.161 e. The lowest BCUT2D eigenvalue weighted by Gasteiger charge is -2.16. The van der Waals surface area contributed by atoms with E-state index in [1.54, 1.807) is 4.90 Å². The summed E-state index contributed by atoms with van der Waals surface area (Å²) in [6.45, 7) is 11.0. The van der Waals surface area contributed by atoms with E-state index in [0.717, 1.165) is 44.4 Å². The van der Waals surface area contributed by atoms with Crippen LogP contribution in [0.2, 0.25) is 0 Å². The van der Waals surface area contributed by atoms with E-state index in [0.29, 0.717) is 6.61 Å². The molecule has 0 amide bonds. The second kappa shape index (κ2) is 10.6. The van der Waals surface area contributed by atoms with Crippen molar-refractivity contribution < 1.29 is 31.4 Å². The van der Waals surface area contributed by atoms with Crippen molar-refractivity contribution in [2.45, 2.75) is 20.4 Å². The summed E-state index contributed by atoms with van der Waals surface area (Å²) in [5.41, 5.74) is 2.72. The van der Waals surface area contributed by atoms with E-state index >= 15 is 0 Å². The molecule has 1 fully saturated rings. The molecule has 1 atom stereocenters. The van der Waals surface area contributed by atoms with Gasteiger partial charge in [-0.15, -0.1) is 0 Å². The number of rotatable bonds is 8. The van der Waals surface area contributed by atoms with Gasteiger partial charge in [0.15, 0.2) is 11.5 Å². The Hall–Kier alpha value is -1.56. The summed E-state index contributed by atoms with van der Waals surface area (Å²) in [7, 11) is 0. The van der Waals surface area contributed by atoms with Gasteiger partial charge in [0.1, 0.15) is 19.8 Å². The zero-order valence-corrected chi connectivity index (χ0v) is 17.3. The predicted octanol–water partition coefficient (Wildman–Crippen LogP) is -0.865. The van der Waals surface area contributed by atoms with Crippen molar-refractivity contribution in [2.24, 2.45) is 0 Å². The summed E-state index contributed by atoms with van der Waals surface area (Å²) in [5.74, 6) is 1.68. The Kier molecular flexibility index (Phi) is 8.42. The molecule has 2 aromatic carbocycles. The maximum absolute atomic E-state index is 5.95. The highest BCUT2D eigenvalue weighted by atomic mass is 79.9. The number of benzene rings is 2. The summed E-state index contributed by atoms with van der Waals surface area (Å²) < 4.78 is 11.6. The highest BCUT2D eigenvalue weighted by Gasteiger charge is 2.23. The lowest BCUT2D eigenvalue weighted by molar-refractivity contribution is -0.892. The molecule has 0 aromatic heterocycles. The minimum atomic E-state index is 0. The molecule has 1 N–H and O–H groups in total. The quantitative estimate of drug-likeness (QED) is 0.601. The fourth-order valence-electron chi connectivity index (χ4n) is 3.23. The van der Waals surface area contributed by atoms with E-state index in [1.165, 1.54) is 17.7 Å². The van der Waals surface area contributed by atoms with Gasteiger partial charge in [-0.05, 0) is 31.5 Å². The maximum Gasteiger partial charge on any atom is 0.161 e. The van der Waals surface area contributed by atoms with Gasteiger partial charge in [0.05, 0.1) is 19.7 Å². The number of ether oxygens (including phenoxy) is 2. The van der Waals surface area contributed by atoms with Crippen molar-refractivity contribution in [3.05, 3.63) is 59.7 Å². The molecular weight excluding hydrogens is 392 g/mol. The van der Waals surface area contributed by atoms with E-state index in [9.17, 15) is 0 Å². The first-order valence-corrected chi connectivity index (χ1v) is 9.20. The number of nitrogens with one attached hydrogen (secondary N) is 1. The van der Waals surface area contributed by atoms with Crippen LogP contribution < -0.4 is 31.4 Å². The lowest BCUT2D eigenvalue weighted by Crippen LogP contribution is -3.11. The molecule has 5 heteroatoms. The van der Waals surface area contributed by atoms with Gasteiger partial charge >= 0.3 is 0 Å². The van der Waals surface area contributed by atoms with Gasteiger partial charge in [-0.1, -0.05) is 42.0 Å². The van der Waals surface area contributed by atoms with Crippen LogP contribution in [0.5, 0.6) is 11.5 Å². The first-order valence-electron chi connectivity index (χ1n) is 9.20. The Morgan fingerprint density at radius 3 is 2.38 bits per heavy atom. The predicted molar refractivity (Wildman–Crippen MR) is 100 cm³/mol. The molecule has 1 heterocycles. The average Bonchev–Trinajstić information content (AvgIpc) is 3.06. The molecule has 26 heavy (non-hydrogen) atoms. The van der Waals surface area contributed by atoms with E-state index in [1.807, 2.05) is 31.2 Å². The number of halogens is 1. The molecule has 0 radical (unpaired) electrons. The summed E-state index contributed by atoms with van der Waals surface area (Å²) in [5, 5.41) is 0. The van der Waals surface area contributed by atoms with Crippen LogP contribution >= 0.6 is 0 Å². The van der Waals surface area contributed by atoms with Crippen LogP contribution in [-0.4, -0.2) is 44.4 Å². The Bertz CT molecular complexity index is 663. The highest BCUT2D eigenvalue weighted by Crippen LogP contribution is 2.25. The van der Waals surface area contributed by atoms with Crippen molar-refractivity contribution in [1.82, 2.24) is 4.90 Å². The van der Waals surface area contributed by atoms with Crippen LogP contribution in [0.1, 0.15) is 18.1 Å². The van der Waals surface area contributed by atoms with Crippen molar-refractivity contribution in [1.29, 1.82) is 0 Å². The van der Waals surface area contributed by atoms with Crippen LogP contribution in [0.25, 0.3) is 0 Å². The molecule has 1 aliphatic heterocycles. The molecule has 0 aliphatic carbocycles. The van der Waals surface area contributed by atoms with Gasteiger partial charge in [-0.25, -0.2) is 4.90 Å². The van der Waals surface area contributed by atoms with Crippen LogP contribution in [-0.2, 0) is 6.54 Å². The minimum Gasteiger partial charge on any atom is -1.00 e. The van der Waals surface area contributed by atoms with Gasteiger partial charge in [0, 0.05) is 6.54 Å². The van der Waals surface area contributed by atoms with Crippen LogP contribution in [0, 0.1) is 6.92 Å². The summed E-state index contributed by atoms with van der Waals surface area (Å²) in [6, 6.07) is 16.8. The number of para-hydroxylation sites is 2. The van der Waals surface area contributed by atoms with Gasteiger partial charge in [-0.3, -0.25) is 0 Å². The van der Waals surface area contributed by atoms with Gasteiger partial charge in [0.25, 0.3) is 0 Å². The fourth-order valence-corrected chi connectivity index (χ4v) is 3.23. The van der Waals surface area contributed by atoms with Crippen LogP contribution in [0.4, 0.5) is 0 Å². The number of aryl methyl sites for hydroxylation is 1. The molecule has 2 aromatic rings. The third kappa shape index (κ3) is 6.01. The van der Waals surface area contributed by atoms with E-state index in [-0.39, 0.29) is 17.0 Å². The number of hydrogen-bond acceptors (Lipinski definition) is 3. The molecule has 1 aliphatic rings. The van der Waals surface area contributed by atoms with Crippen LogP contribution in [0.15, 0.2) is 48.5 Å². The van der Waals surface area contributed by atoms with E-state index in [4.69, 9.17) is 9.47 Å². The molecule has 0 bridgehead atoms. The van der Waals surface area contributed by atoms with E-state index < -0.39 is 0 Å².